The number of nitrogens with zero attached hydrogens (tertiary/aromatic N) is 3. The third-order valence-electron chi connectivity index (χ3n) is 5.93. The molecule has 0 aliphatic heterocycles. The van der Waals surface area contributed by atoms with Gasteiger partial charge in [0.2, 0.25) is 0 Å². The molecule has 37 heavy (non-hydrogen) atoms. The Morgan fingerprint density at radius 2 is 1.70 bits per heavy atom. The number of fused-ring (bicyclic) bond motifs is 3. The number of alkyl halides is 3. The number of rotatable bonds is 10. The maximum atomic E-state index is 11.9. The van der Waals surface area contributed by atoms with Gasteiger partial charge in [0, 0.05) is 30.1 Å². The van der Waals surface area contributed by atoms with Gasteiger partial charge in [0.15, 0.2) is 0 Å². The average molecular weight is 519 g/mol. The molecule has 4 rings (SSSR count). The van der Waals surface area contributed by atoms with E-state index in [0.717, 1.165) is 61.2 Å². The van der Waals surface area contributed by atoms with Crippen molar-refractivity contribution in [3.63, 3.8) is 0 Å². The third-order valence-corrected chi connectivity index (χ3v) is 5.93. The highest BCUT2D eigenvalue weighted by Crippen LogP contribution is 2.34. The van der Waals surface area contributed by atoms with Gasteiger partial charge in [0.1, 0.15) is 5.69 Å². The molecule has 3 N–H and O–H groups in total. The summed E-state index contributed by atoms with van der Waals surface area (Å²) in [6.07, 6.45) is 4.30. The Labute approximate surface area is 212 Å². The van der Waals surface area contributed by atoms with Crippen molar-refractivity contribution < 1.29 is 33.0 Å². The summed E-state index contributed by atoms with van der Waals surface area (Å²) in [4.78, 5) is 25.0. The SMILES string of the molecule is O=C(O)C(F)(F)F.O=C(O)c1c2c(nn1CCCNCCCCc1ccccc1)-c1ccncc1CC2. The number of hydrogen-bond acceptors (Lipinski definition) is 5. The van der Waals surface area contributed by atoms with Crippen molar-refractivity contribution in [1.29, 1.82) is 0 Å². The van der Waals surface area contributed by atoms with E-state index in [0.29, 0.717) is 18.7 Å². The molecule has 0 bridgehead atoms. The van der Waals surface area contributed by atoms with E-state index in [9.17, 15) is 23.1 Å². The summed E-state index contributed by atoms with van der Waals surface area (Å²) in [6, 6.07) is 12.5. The van der Waals surface area contributed by atoms with Crippen LogP contribution in [0.3, 0.4) is 0 Å². The minimum Gasteiger partial charge on any atom is -0.477 e. The van der Waals surface area contributed by atoms with Gasteiger partial charge in [-0.1, -0.05) is 30.3 Å². The summed E-state index contributed by atoms with van der Waals surface area (Å²) in [5, 5.41) is 25.0. The van der Waals surface area contributed by atoms with Gasteiger partial charge in [-0.15, -0.1) is 0 Å². The summed E-state index contributed by atoms with van der Waals surface area (Å²) < 4.78 is 33.4. The van der Waals surface area contributed by atoms with E-state index in [1.165, 1.54) is 12.0 Å². The van der Waals surface area contributed by atoms with Crippen LogP contribution in [-0.2, 0) is 30.6 Å². The second-order valence-electron chi connectivity index (χ2n) is 8.59. The molecule has 3 aromatic rings. The van der Waals surface area contributed by atoms with Crippen LogP contribution in [0.25, 0.3) is 11.3 Å². The molecule has 2 aromatic heterocycles. The van der Waals surface area contributed by atoms with Crippen LogP contribution >= 0.6 is 0 Å². The lowest BCUT2D eigenvalue weighted by atomic mass is 9.90. The summed E-state index contributed by atoms with van der Waals surface area (Å²) in [5.74, 6) is -3.65. The first kappa shape index (κ1) is 27.9. The zero-order valence-corrected chi connectivity index (χ0v) is 20.2. The van der Waals surface area contributed by atoms with Crippen LogP contribution in [0.1, 0.15) is 46.4 Å². The number of aliphatic carboxylic acids is 1. The van der Waals surface area contributed by atoms with Gasteiger partial charge in [0.25, 0.3) is 0 Å². The molecule has 1 aromatic carbocycles. The quantitative estimate of drug-likeness (QED) is 0.341. The molecule has 8 nitrogen and oxygen atoms in total. The zero-order chi connectivity index (χ0) is 26.8. The maximum absolute atomic E-state index is 11.9. The second kappa shape index (κ2) is 13.0. The normalized spacial score (nSPS) is 12.2. The molecule has 0 radical (unpaired) electrons. The van der Waals surface area contributed by atoms with E-state index < -0.39 is 18.1 Å². The van der Waals surface area contributed by atoms with E-state index in [1.807, 2.05) is 18.3 Å². The van der Waals surface area contributed by atoms with Gasteiger partial charge in [-0.3, -0.25) is 9.67 Å². The van der Waals surface area contributed by atoms with Crippen molar-refractivity contribution in [3.8, 4) is 11.3 Å². The highest BCUT2D eigenvalue weighted by molar-refractivity contribution is 5.90. The highest BCUT2D eigenvalue weighted by atomic mass is 19.4. The Bertz CT molecular complexity index is 1200. The predicted molar refractivity (Wildman–Crippen MR) is 130 cm³/mol. The lowest BCUT2D eigenvalue weighted by Gasteiger charge is -2.14. The zero-order valence-electron chi connectivity index (χ0n) is 20.2. The Balaban J connectivity index is 0.000000479. The number of hydrogen-bond donors (Lipinski definition) is 3. The summed E-state index contributed by atoms with van der Waals surface area (Å²) in [6.45, 7) is 2.44. The fourth-order valence-electron chi connectivity index (χ4n) is 4.17. The largest absolute Gasteiger partial charge is 0.490 e. The minimum atomic E-state index is -5.08. The summed E-state index contributed by atoms with van der Waals surface area (Å²) in [5.41, 5.74) is 5.56. The minimum absolute atomic E-state index is 0.343. The van der Waals surface area contributed by atoms with Crippen LogP contribution in [0.15, 0.2) is 48.8 Å². The van der Waals surface area contributed by atoms with Gasteiger partial charge < -0.3 is 15.5 Å². The van der Waals surface area contributed by atoms with Crippen LogP contribution in [0.2, 0.25) is 0 Å². The van der Waals surface area contributed by atoms with E-state index in [-0.39, 0.29) is 0 Å². The van der Waals surface area contributed by atoms with Gasteiger partial charge in [-0.2, -0.15) is 18.3 Å². The van der Waals surface area contributed by atoms with Gasteiger partial charge in [-0.05, 0) is 68.8 Å². The average Bonchev–Trinajstić information content (AvgIpc) is 3.25. The lowest BCUT2D eigenvalue weighted by Crippen LogP contribution is -2.21. The molecule has 11 heteroatoms. The monoisotopic (exact) mass is 518 g/mol. The number of carboxylic acids is 2. The number of aryl methyl sites for hydroxylation is 3. The van der Waals surface area contributed by atoms with Crippen molar-refractivity contribution in [2.45, 2.75) is 51.2 Å². The van der Waals surface area contributed by atoms with Crippen LogP contribution in [0.4, 0.5) is 13.2 Å². The van der Waals surface area contributed by atoms with Gasteiger partial charge >= 0.3 is 18.1 Å². The molecule has 0 amide bonds. The van der Waals surface area contributed by atoms with Crippen molar-refractivity contribution in [1.82, 2.24) is 20.1 Å². The maximum Gasteiger partial charge on any atom is 0.490 e. The number of aromatic nitrogens is 3. The van der Waals surface area contributed by atoms with Crippen molar-refractivity contribution in [2.75, 3.05) is 13.1 Å². The Kier molecular flexibility index (Phi) is 9.78. The number of carboxylic acid groups (broad SMARTS) is 2. The Hall–Kier alpha value is -3.73. The van der Waals surface area contributed by atoms with Crippen molar-refractivity contribution in [2.24, 2.45) is 0 Å². The Morgan fingerprint density at radius 3 is 2.38 bits per heavy atom. The summed E-state index contributed by atoms with van der Waals surface area (Å²) >= 11 is 0. The first-order chi connectivity index (χ1) is 17.7. The first-order valence-corrected chi connectivity index (χ1v) is 12.0. The second-order valence-corrected chi connectivity index (χ2v) is 8.59. The predicted octanol–water partition coefficient (Wildman–Crippen LogP) is 4.38. The molecule has 1 aliphatic rings. The molecular weight excluding hydrogens is 489 g/mol. The molecule has 1 aliphatic carbocycles. The van der Waals surface area contributed by atoms with Crippen LogP contribution < -0.4 is 5.32 Å². The van der Waals surface area contributed by atoms with Crippen LogP contribution in [0, 0.1) is 0 Å². The number of unbranched alkanes of at least 4 members (excludes halogenated alkanes) is 1. The lowest BCUT2D eigenvalue weighted by molar-refractivity contribution is -0.192. The van der Waals surface area contributed by atoms with Crippen molar-refractivity contribution >= 4 is 11.9 Å². The number of pyridine rings is 1. The van der Waals surface area contributed by atoms with Gasteiger partial charge in [0.05, 0.1) is 5.69 Å². The molecule has 0 fully saturated rings. The first-order valence-electron chi connectivity index (χ1n) is 12.0. The van der Waals surface area contributed by atoms with E-state index in [2.05, 4.69) is 39.7 Å². The number of aromatic carboxylic acids is 1. The number of nitrogens with one attached hydrogen (secondary N) is 1. The smallest absolute Gasteiger partial charge is 0.477 e. The van der Waals surface area contributed by atoms with Crippen LogP contribution in [0.5, 0.6) is 0 Å². The fourth-order valence-corrected chi connectivity index (χ4v) is 4.17. The Morgan fingerprint density at radius 1 is 1.00 bits per heavy atom. The van der Waals surface area contributed by atoms with E-state index in [4.69, 9.17) is 9.90 Å². The third kappa shape index (κ3) is 7.88. The molecule has 0 saturated carbocycles. The number of benzene rings is 1. The standard InChI is InChI=1S/C24H28N4O2.C2HF3O2/c29-24(30)23-21-11-10-19-17-26-15-12-20(19)22(21)27-28(23)16-6-14-25-13-5-4-9-18-7-2-1-3-8-18;3-2(4,5)1(6)7/h1-3,7-8,12,15,17,25H,4-6,9-11,13-14,16H2,(H,29,30);(H,6,7). The molecule has 0 spiro atoms. The van der Waals surface area contributed by atoms with Gasteiger partial charge in [-0.25, -0.2) is 9.59 Å². The molecule has 0 atom stereocenters. The summed E-state index contributed by atoms with van der Waals surface area (Å²) in [7, 11) is 0. The molecule has 0 saturated heterocycles. The highest BCUT2D eigenvalue weighted by Gasteiger charge is 2.38. The molecule has 198 valence electrons. The van der Waals surface area contributed by atoms with Crippen LogP contribution in [-0.4, -0.2) is 56.2 Å². The fraction of sp³-hybridized carbons (Fsp3) is 0.385. The topological polar surface area (TPSA) is 117 Å². The number of halogens is 3. The molecule has 2 heterocycles. The molecule has 0 unspecified atom stereocenters. The van der Waals surface area contributed by atoms with E-state index >= 15 is 0 Å². The van der Waals surface area contributed by atoms with Crippen molar-refractivity contribution in [3.05, 3.63) is 71.2 Å². The molecular formula is C26H29F3N4O4. The number of carbonyl (C=O) groups is 2. The van der Waals surface area contributed by atoms with E-state index in [1.54, 1.807) is 10.9 Å².